The van der Waals surface area contributed by atoms with Gasteiger partial charge in [-0.3, -0.25) is 4.79 Å². The zero-order valence-electron chi connectivity index (χ0n) is 12.0. The van der Waals surface area contributed by atoms with E-state index in [1.807, 2.05) is 0 Å². The van der Waals surface area contributed by atoms with E-state index in [1.54, 1.807) is 24.1 Å². The van der Waals surface area contributed by atoms with Crippen molar-refractivity contribution in [2.75, 3.05) is 20.3 Å². The number of rotatable bonds is 5. The molecule has 0 saturated carbocycles. The quantitative estimate of drug-likeness (QED) is 0.858. The number of carbonyl (C=O) groups is 1. The summed E-state index contributed by atoms with van der Waals surface area (Å²) < 4.78 is 27.6. The van der Waals surface area contributed by atoms with Crippen LogP contribution in [0.5, 0.6) is 0 Å². The first-order chi connectivity index (χ1) is 9.88. The van der Waals surface area contributed by atoms with E-state index in [0.717, 1.165) is 12.0 Å². The zero-order valence-corrected chi connectivity index (χ0v) is 12.8. The van der Waals surface area contributed by atoms with Crippen molar-refractivity contribution < 1.29 is 17.9 Å². The average molecular weight is 312 g/mol. The third-order valence-electron chi connectivity index (χ3n) is 3.73. The summed E-state index contributed by atoms with van der Waals surface area (Å²) in [5.74, 6) is 0.0704. The first kappa shape index (κ1) is 15.9. The molecule has 1 heterocycles. The summed E-state index contributed by atoms with van der Waals surface area (Å²) in [6, 6.07) is 6.47. The number of aryl methyl sites for hydroxylation is 1. The maximum atomic E-state index is 12.1. The maximum absolute atomic E-state index is 12.1. The highest BCUT2D eigenvalue weighted by molar-refractivity contribution is 7.89. The van der Waals surface area contributed by atoms with Crippen LogP contribution in [-0.4, -0.2) is 45.5 Å². The normalized spacial score (nSPS) is 18.7. The van der Waals surface area contributed by atoms with Crippen molar-refractivity contribution in [1.82, 2.24) is 4.90 Å². The minimum absolute atomic E-state index is 0.0704. The minimum atomic E-state index is -3.66. The summed E-state index contributed by atoms with van der Waals surface area (Å²) in [5.41, 5.74) is 0.909. The third kappa shape index (κ3) is 4.26. The molecule has 0 spiro atoms. The van der Waals surface area contributed by atoms with Gasteiger partial charge in [0, 0.05) is 20.1 Å². The van der Waals surface area contributed by atoms with E-state index >= 15 is 0 Å². The highest BCUT2D eigenvalue weighted by Crippen LogP contribution is 2.14. The number of primary sulfonamides is 1. The standard InChI is InChI=1S/C14H20N2O4S/c1-16(12-8-9-20-10-12)14(17)7-4-11-2-5-13(6-3-11)21(15,18)19/h2-3,5-6,12H,4,7-10H2,1H3,(H2,15,18,19). The Hall–Kier alpha value is -1.44. The Kier molecular flexibility index (Phi) is 4.97. The predicted molar refractivity (Wildman–Crippen MR) is 78.1 cm³/mol. The molecular weight excluding hydrogens is 292 g/mol. The fraction of sp³-hybridized carbons (Fsp3) is 0.500. The number of sulfonamides is 1. The number of ether oxygens (including phenoxy) is 1. The molecule has 1 saturated heterocycles. The SMILES string of the molecule is CN(C(=O)CCc1ccc(S(N)(=O)=O)cc1)C1CCOC1. The summed E-state index contributed by atoms with van der Waals surface area (Å²) in [6.45, 7) is 1.31. The Balaban J connectivity index is 1.89. The summed E-state index contributed by atoms with van der Waals surface area (Å²) in [7, 11) is -1.87. The Morgan fingerprint density at radius 2 is 2.05 bits per heavy atom. The first-order valence-electron chi connectivity index (χ1n) is 6.83. The molecular formula is C14H20N2O4S. The second kappa shape index (κ2) is 6.55. The van der Waals surface area contributed by atoms with E-state index in [-0.39, 0.29) is 16.8 Å². The lowest BCUT2D eigenvalue weighted by molar-refractivity contribution is -0.131. The summed E-state index contributed by atoms with van der Waals surface area (Å²) in [6.07, 6.45) is 1.84. The van der Waals surface area contributed by atoms with Crippen molar-refractivity contribution in [3.63, 3.8) is 0 Å². The van der Waals surface area contributed by atoms with Gasteiger partial charge in [-0.2, -0.15) is 0 Å². The molecule has 2 N–H and O–H groups in total. The number of hydrogen-bond acceptors (Lipinski definition) is 4. The fourth-order valence-corrected chi connectivity index (χ4v) is 2.82. The number of nitrogens with zero attached hydrogens (tertiary/aromatic N) is 1. The molecule has 1 atom stereocenters. The summed E-state index contributed by atoms with van der Waals surface area (Å²) in [4.78, 5) is 13.9. The molecule has 0 bridgehead atoms. The van der Waals surface area contributed by atoms with Gasteiger partial charge in [0.05, 0.1) is 17.5 Å². The van der Waals surface area contributed by atoms with Crippen LogP contribution in [0.2, 0.25) is 0 Å². The largest absolute Gasteiger partial charge is 0.379 e. The van der Waals surface area contributed by atoms with Gasteiger partial charge in [-0.25, -0.2) is 13.6 Å². The Morgan fingerprint density at radius 3 is 2.57 bits per heavy atom. The molecule has 1 fully saturated rings. The predicted octanol–water partition coefficient (Wildman–Crippen LogP) is 0.514. The van der Waals surface area contributed by atoms with Gasteiger partial charge in [0.1, 0.15) is 0 Å². The minimum Gasteiger partial charge on any atom is -0.379 e. The molecule has 6 nitrogen and oxygen atoms in total. The van der Waals surface area contributed by atoms with Crippen molar-refractivity contribution >= 4 is 15.9 Å². The highest BCUT2D eigenvalue weighted by Gasteiger charge is 2.23. The van der Waals surface area contributed by atoms with Gasteiger partial charge in [-0.15, -0.1) is 0 Å². The van der Waals surface area contributed by atoms with Crippen LogP contribution in [0.1, 0.15) is 18.4 Å². The second-order valence-electron chi connectivity index (χ2n) is 5.21. The summed E-state index contributed by atoms with van der Waals surface area (Å²) in [5, 5.41) is 5.04. The Labute approximate surface area is 124 Å². The van der Waals surface area contributed by atoms with E-state index < -0.39 is 10.0 Å². The van der Waals surface area contributed by atoms with E-state index in [2.05, 4.69) is 0 Å². The molecule has 1 aromatic carbocycles. The van der Waals surface area contributed by atoms with Crippen LogP contribution in [0.15, 0.2) is 29.2 Å². The molecule has 1 aliphatic heterocycles. The zero-order chi connectivity index (χ0) is 15.5. The first-order valence-corrected chi connectivity index (χ1v) is 8.37. The van der Waals surface area contributed by atoms with Crippen LogP contribution in [0, 0.1) is 0 Å². The maximum Gasteiger partial charge on any atom is 0.238 e. The molecule has 0 aliphatic carbocycles. The molecule has 0 aromatic heterocycles. The van der Waals surface area contributed by atoms with Gasteiger partial charge in [-0.05, 0) is 30.5 Å². The number of likely N-dealkylation sites (N-methyl/N-ethyl adjacent to an activating group) is 1. The molecule has 21 heavy (non-hydrogen) atoms. The number of hydrogen-bond donors (Lipinski definition) is 1. The Bertz CT molecular complexity index is 592. The fourth-order valence-electron chi connectivity index (χ4n) is 2.30. The van der Waals surface area contributed by atoms with Gasteiger partial charge in [0.2, 0.25) is 15.9 Å². The number of nitrogens with two attached hydrogens (primary N) is 1. The molecule has 0 radical (unpaired) electrons. The van der Waals surface area contributed by atoms with Crippen molar-refractivity contribution in [3.05, 3.63) is 29.8 Å². The third-order valence-corrected chi connectivity index (χ3v) is 4.66. The average Bonchev–Trinajstić information content (AvgIpc) is 2.97. The molecule has 116 valence electrons. The number of benzene rings is 1. The lowest BCUT2D eigenvalue weighted by atomic mass is 10.1. The van der Waals surface area contributed by atoms with Crippen LogP contribution in [-0.2, 0) is 26.0 Å². The van der Waals surface area contributed by atoms with Gasteiger partial charge >= 0.3 is 0 Å². The van der Waals surface area contributed by atoms with Crippen molar-refractivity contribution in [3.8, 4) is 0 Å². The lowest BCUT2D eigenvalue weighted by Gasteiger charge is -2.23. The smallest absolute Gasteiger partial charge is 0.238 e. The molecule has 1 amide bonds. The van der Waals surface area contributed by atoms with Crippen LogP contribution in [0.4, 0.5) is 0 Å². The van der Waals surface area contributed by atoms with E-state index in [1.165, 1.54) is 12.1 Å². The molecule has 7 heteroatoms. The molecule has 2 rings (SSSR count). The van der Waals surface area contributed by atoms with Crippen molar-refractivity contribution in [1.29, 1.82) is 0 Å². The topological polar surface area (TPSA) is 89.7 Å². The van der Waals surface area contributed by atoms with Gasteiger partial charge in [0.25, 0.3) is 0 Å². The van der Waals surface area contributed by atoms with Gasteiger partial charge in [0.15, 0.2) is 0 Å². The Morgan fingerprint density at radius 1 is 1.38 bits per heavy atom. The molecule has 1 aliphatic rings. The summed E-state index contributed by atoms with van der Waals surface area (Å²) >= 11 is 0. The highest BCUT2D eigenvalue weighted by atomic mass is 32.2. The monoisotopic (exact) mass is 312 g/mol. The molecule has 1 aromatic rings. The van der Waals surface area contributed by atoms with E-state index in [9.17, 15) is 13.2 Å². The van der Waals surface area contributed by atoms with Crippen molar-refractivity contribution in [2.24, 2.45) is 5.14 Å². The molecule has 1 unspecified atom stereocenters. The van der Waals surface area contributed by atoms with E-state index in [0.29, 0.717) is 26.1 Å². The lowest BCUT2D eigenvalue weighted by Crippen LogP contribution is -2.37. The van der Waals surface area contributed by atoms with Crippen LogP contribution in [0.25, 0.3) is 0 Å². The van der Waals surface area contributed by atoms with Crippen molar-refractivity contribution in [2.45, 2.75) is 30.2 Å². The second-order valence-corrected chi connectivity index (χ2v) is 6.77. The van der Waals surface area contributed by atoms with E-state index in [4.69, 9.17) is 9.88 Å². The van der Waals surface area contributed by atoms with Crippen LogP contribution >= 0.6 is 0 Å². The van der Waals surface area contributed by atoms with Crippen LogP contribution < -0.4 is 5.14 Å². The number of carbonyl (C=O) groups excluding carboxylic acids is 1. The van der Waals surface area contributed by atoms with Gasteiger partial charge < -0.3 is 9.64 Å². The van der Waals surface area contributed by atoms with Gasteiger partial charge in [-0.1, -0.05) is 12.1 Å². The number of amides is 1. The van der Waals surface area contributed by atoms with Crippen LogP contribution in [0.3, 0.4) is 0 Å².